The lowest BCUT2D eigenvalue weighted by atomic mass is 9.96. The van der Waals surface area contributed by atoms with Crippen LogP contribution in [-0.4, -0.2) is 52.1 Å². The van der Waals surface area contributed by atoms with Crippen LogP contribution in [0, 0.1) is 5.92 Å². The quantitative estimate of drug-likeness (QED) is 0.527. The summed E-state index contributed by atoms with van der Waals surface area (Å²) < 4.78 is 32.0. The molecule has 1 aliphatic rings. The molecule has 1 amide bonds. The second kappa shape index (κ2) is 10.2. The van der Waals surface area contributed by atoms with Crippen LogP contribution >= 0.6 is 0 Å². The van der Waals surface area contributed by atoms with Gasteiger partial charge in [-0.05, 0) is 52.0 Å². The van der Waals surface area contributed by atoms with Crippen molar-refractivity contribution in [1.82, 2.24) is 4.72 Å². The number of benzene rings is 1. The SMILES string of the molecule is CCOC(=O)C1CC[NH+]([C@H](C)C(=O)Nc2ccc(S(=O)(=O)NC(C)C)cc2)CC1. The van der Waals surface area contributed by atoms with Crippen LogP contribution in [0.25, 0.3) is 0 Å². The minimum absolute atomic E-state index is 0.0806. The number of anilines is 1. The van der Waals surface area contributed by atoms with Crippen molar-refractivity contribution in [2.45, 2.75) is 57.5 Å². The van der Waals surface area contributed by atoms with E-state index in [1.165, 1.54) is 12.1 Å². The molecule has 1 atom stereocenters. The van der Waals surface area contributed by atoms with E-state index in [1.807, 2.05) is 6.92 Å². The molecule has 1 aromatic rings. The number of hydrogen-bond acceptors (Lipinski definition) is 5. The average molecular weight is 427 g/mol. The highest BCUT2D eigenvalue weighted by molar-refractivity contribution is 7.89. The van der Waals surface area contributed by atoms with Gasteiger partial charge in [0, 0.05) is 24.6 Å². The van der Waals surface area contributed by atoms with Gasteiger partial charge in [-0.1, -0.05) is 0 Å². The van der Waals surface area contributed by atoms with Crippen LogP contribution in [0.2, 0.25) is 0 Å². The molecule has 162 valence electrons. The molecular weight excluding hydrogens is 394 g/mol. The van der Waals surface area contributed by atoms with Gasteiger partial charge in [0.2, 0.25) is 10.0 Å². The first kappa shape index (κ1) is 23.3. The highest BCUT2D eigenvalue weighted by Gasteiger charge is 2.33. The van der Waals surface area contributed by atoms with Crippen LogP contribution in [-0.2, 0) is 24.3 Å². The highest BCUT2D eigenvalue weighted by atomic mass is 32.2. The minimum Gasteiger partial charge on any atom is -0.466 e. The zero-order valence-electron chi connectivity index (χ0n) is 17.5. The molecule has 0 bridgehead atoms. The lowest BCUT2D eigenvalue weighted by Gasteiger charge is -2.31. The Labute approximate surface area is 173 Å². The van der Waals surface area contributed by atoms with Gasteiger partial charge in [0.25, 0.3) is 5.91 Å². The molecule has 2 rings (SSSR count). The number of esters is 1. The number of ether oxygens (including phenoxy) is 1. The number of rotatable bonds is 8. The summed E-state index contributed by atoms with van der Waals surface area (Å²) in [4.78, 5) is 25.7. The number of quaternary nitrogens is 1. The average Bonchev–Trinajstić information content (AvgIpc) is 2.67. The molecule has 0 radical (unpaired) electrons. The molecule has 9 heteroatoms. The van der Waals surface area contributed by atoms with Crippen LogP contribution in [0.3, 0.4) is 0 Å². The van der Waals surface area contributed by atoms with E-state index in [-0.39, 0.29) is 34.8 Å². The van der Waals surface area contributed by atoms with Crippen LogP contribution < -0.4 is 14.9 Å². The lowest BCUT2D eigenvalue weighted by Crippen LogP contribution is -3.17. The zero-order chi connectivity index (χ0) is 21.6. The van der Waals surface area contributed by atoms with Crippen LogP contribution in [0.5, 0.6) is 0 Å². The van der Waals surface area contributed by atoms with Crippen molar-refractivity contribution in [3.63, 3.8) is 0 Å². The Kier molecular flexibility index (Phi) is 8.18. The fraction of sp³-hybridized carbons (Fsp3) is 0.600. The van der Waals surface area contributed by atoms with Crippen LogP contribution in [0.15, 0.2) is 29.2 Å². The van der Waals surface area contributed by atoms with Gasteiger partial charge in [-0.3, -0.25) is 9.59 Å². The van der Waals surface area contributed by atoms with Gasteiger partial charge in [-0.2, -0.15) is 0 Å². The standard InChI is InChI=1S/C20H31N3O5S/c1-5-28-20(25)16-10-12-23(13-11-16)15(4)19(24)21-17-6-8-18(9-7-17)29(26,27)22-14(2)3/h6-9,14-16,22H,5,10-13H2,1-4H3,(H,21,24)/p+1/t15-/m1/s1. The second-order valence-electron chi connectivity index (χ2n) is 7.70. The molecule has 1 aliphatic heterocycles. The third-order valence-corrected chi connectivity index (χ3v) is 6.75. The number of hydrogen-bond donors (Lipinski definition) is 3. The first-order chi connectivity index (χ1) is 13.6. The van der Waals surface area contributed by atoms with Crippen molar-refractivity contribution in [2.75, 3.05) is 25.0 Å². The summed E-state index contributed by atoms with van der Waals surface area (Å²) in [6.07, 6.45) is 1.42. The molecule has 0 aromatic heterocycles. The van der Waals surface area contributed by atoms with Gasteiger partial charge in [0.1, 0.15) is 0 Å². The van der Waals surface area contributed by atoms with E-state index >= 15 is 0 Å². The van der Waals surface area contributed by atoms with Crippen molar-refractivity contribution in [3.8, 4) is 0 Å². The normalized spacial score (nSPS) is 20.9. The van der Waals surface area contributed by atoms with Gasteiger partial charge in [-0.15, -0.1) is 0 Å². The Morgan fingerprint density at radius 1 is 1.14 bits per heavy atom. The van der Waals surface area contributed by atoms with Crippen molar-refractivity contribution in [1.29, 1.82) is 0 Å². The van der Waals surface area contributed by atoms with Crippen molar-refractivity contribution >= 4 is 27.6 Å². The summed E-state index contributed by atoms with van der Waals surface area (Å²) in [5, 5.41) is 2.85. The highest BCUT2D eigenvalue weighted by Crippen LogP contribution is 2.15. The molecule has 1 heterocycles. The second-order valence-corrected chi connectivity index (χ2v) is 9.41. The molecule has 3 N–H and O–H groups in total. The number of carbonyl (C=O) groups is 2. The van der Waals surface area contributed by atoms with E-state index in [9.17, 15) is 18.0 Å². The molecule has 0 aliphatic carbocycles. The summed E-state index contributed by atoms with van der Waals surface area (Å²) in [7, 11) is -3.56. The summed E-state index contributed by atoms with van der Waals surface area (Å²) in [6, 6.07) is 5.65. The van der Waals surface area contributed by atoms with Gasteiger partial charge >= 0.3 is 5.97 Å². The number of carbonyl (C=O) groups excluding carboxylic acids is 2. The summed E-state index contributed by atoms with van der Waals surface area (Å²) in [5.74, 6) is -0.362. The van der Waals surface area contributed by atoms with Gasteiger partial charge in [0.05, 0.1) is 30.5 Å². The summed E-state index contributed by atoms with van der Waals surface area (Å²) >= 11 is 0. The van der Waals surface area contributed by atoms with Crippen molar-refractivity contribution in [3.05, 3.63) is 24.3 Å². The molecule has 0 unspecified atom stereocenters. The summed E-state index contributed by atoms with van der Waals surface area (Å²) in [6.45, 7) is 9.02. The Morgan fingerprint density at radius 2 is 1.72 bits per heavy atom. The maximum atomic E-state index is 12.6. The van der Waals surface area contributed by atoms with E-state index in [4.69, 9.17) is 4.74 Å². The third kappa shape index (κ3) is 6.52. The smallest absolute Gasteiger partial charge is 0.309 e. The number of likely N-dealkylation sites (tertiary alicyclic amines) is 1. The predicted octanol–water partition coefficient (Wildman–Crippen LogP) is 0.558. The maximum Gasteiger partial charge on any atom is 0.309 e. The number of sulfonamides is 1. The van der Waals surface area contributed by atoms with E-state index in [2.05, 4.69) is 10.0 Å². The Bertz CT molecular complexity index is 800. The van der Waals surface area contributed by atoms with Crippen molar-refractivity contribution in [2.24, 2.45) is 5.92 Å². The van der Waals surface area contributed by atoms with Gasteiger partial charge in [-0.25, -0.2) is 13.1 Å². The Hall–Kier alpha value is -1.97. The Balaban J connectivity index is 1.91. The van der Waals surface area contributed by atoms with Crippen molar-refractivity contribution < 1.29 is 27.6 Å². The molecule has 0 spiro atoms. The van der Waals surface area contributed by atoms with E-state index in [1.54, 1.807) is 32.9 Å². The molecule has 8 nitrogen and oxygen atoms in total. The van der Waals surface area contributed by atoms with E-state index in [0.717, 1.165) is 18.0 Å². The van der Waals surface area contributed by atoms with Crippen LogP contribution in [0.4, 0.5) is 5.69 Å². The third-order valence-electron chi connectivity index (χ3n) is 5.08. The maximum absolute atomic E-state index is 12.6. The molecular formula is C20H32N3O5S+. The summed E-state index contributed by atoms with van der Waals surface area (Å²) in [5.41, 5.74) is 0.547. The molecule has 1 aromatic carbocycles. The van der Waals surface area contributed by atoms with Crippen LogP contribution in [0.1, 0.15) is 40.5 Å². The first-order valence-electron chi connectivity index (χ1n) is 10.1. The molecule has 1 fully saturated rings. The molecule has 29 heavy (non-hydrogen) atoms. The predicted molar refractivity (Wildman–Crippen MR) is 110 cm³/mol. The minimum atomic E-state index is -3.56. The topological polar surface area (TPSA) is 106 Å². The lowest BCUT2D eigenvalue weighted by molar-refractivity contribution is -0.919. The monoisotopic (exact) mass is 426 g/mol. The molecule has 1 saturated heterocycles. The van der Waals surface area contributed by atoms with Gasteiger partial charge in [0.15, 0.2) is 6.04 Å². The largest absolute Gasteiger partial charge is 0.466 e. The number of nitrogens with one attached hydrogen (secondary N) is 3. The van der Waals surface area contributed by atoms with E-state index in [0.29, 0.717) is 25.1 Å². The Morgan fingerprint density at radius 3 is 2.24 bits per heavy atom. The number of piperidine rings is 1. The first-order valence-corrected chi connectivity index (χ1v) is 11.6. The fourth-order valence-electron chi connectivity index (χ4n) is 3.45. The zero-order valence-corrected chi connectivity index (χ0v) is 18.3. The van der Waals surface area contributed by atoms with Gasteiger partial charge < -0.3 is 15.0 Å². The fourth-order valence-corrected chi connectivity index (χ4v) is 4.70. The number of amides is 1. The molecule has 0 saturated carbocycles. The van der Waals surface area contributed by atoms with E-state index < -0.39 is 10.0 Å².